The molecule has 2 atom stereocenters. The zero-order valence-corrected chi connectivity index (χ0v) is 15.9. The Morgan fingerprint density at radius 1 is 1.50 bits per heavy atom. The molecule has 0 unspecified atom stereocenters. The van der Waals surface area contributed by atoms with E-state index in [2.05, 4.69) is 47.1 Å². The largest absolute Gasteiger partial charge is 0.379 e. The molecule has 2 aromatic rings. The van der Waals surface area contributed by atoms with Crippen molar-refractivity contribution in [2.24, 2.45) is 22.3 Å². The maximum Gasteiger partial charge on any atom is 0.252 e. The minimum atomic E-state index is -0.484. The van der Waals surface area contributed by atoms with Crippen LogP contribution in [0.1, 0.15) is 44.0 Å². The Hall–Kier alpha value is -1.60. The van der Waals surface area contributed by atoms with Crippen molar-refractivity contribution in [3.63, 3.8) is 0 Å². The summed E-state index contributed by atoms with van der Waals surface area (Å²) in [6, 6.07) is 2.13. The number of nitrogens with two attached hydrogens (primary N) is 2. The first kappa shape index (κ1) is 17.2. The number of aromatic nitrogens is 2. The van der Waals surface area contributed by atoms with Gasteiger partial charge in [-0.2, -0.15) is 5.10 Å². The molecule has 1 saturated carbocycles. The molecule has 5 N–H and O–H groups in total. The molecule has 0 bridgehead atoms. The maximum atomic E-state index is 11.9. The molecule has 1 aliphatic carbocycles. The van der Waals surface area contributed by atoms with Gasteiger partial charge in [0.1, 0.15) is 0 Å². The van der Waals surface area contributed by atoms with Crippen LogP contribution < -0.4 is 16.8 Å². The highest BCUT2D eigenvalue weighted by Gasteiger charge is 2.50. The molecule has 24 heavy (non-hydrogen) atoms. The van der Waals surface area contributed by atoms with Gasteiger partial charge in [0, 0.05) is 16.7 Å². The van der Waals surface area contributed by atoms with E-state index >= 15 is 0 Å². The predicted molar refractivity (Wildman–Crippen MR) is 99.0 cm³/mol. The fourth-order valence-corrected chi connectivity index (χ4v) is 4.13. The molecule has 0 saturated heterocycles. The number of carbonyl (C=O) groups is 1. The van der Waals surface area contributed by atoms with Gasteiger partial charge in [-0.05, 0) is 52.2 Å². The van der Waals surface area contributed by atoms with Crippen LogP contribution in [0.25, 0.3) is 5.52 Å². The van der Waals surface area contributed by atoms with E-state index in [1.165, 1.54) is 6.20 Å². The Balaban J connectivity index is 2.07. The third kappa shape index (κ3) is 2.50. The summed E-state index contributed by atoms with van der Waals surface area (Å²) in [5.74, 6) is -0.484. The van der Waals surface area contributed by atoms with Gasteiger partial charge in [0.15, 0.2) is 0 Å². The van der Waals surface area contributed by atoms with Crippen LogP contribution in [0.5, 0.6) is 0 Å². The number of amides is 1. The van der Waals surface area contributed by atoms with Crippen molar-refractivity contribution in [2.45, 2.75) is 39.7 Å². The van der Waals surface area contributed by atoms with Gasteiger partial charge in [-0.25, -0.2) is 4.52 Å². The first-order chi connectivity index (χ1) is 11.2. The van der Waals surface area contributed by atoms with Crippen molar-refractivity contribution < 1.29 is 4.79 Å². The second kappa shape index (κ2) is 5.74. The van der Waals surface area contributed by atoms with Gasteiger partial charge in [0.2, 0.25) is 0 Å². The molecule has 1 aliphatic rings. The number of rotatable bonds is 4. The lowest BCUT2D eigenvalue weighted by Crippen LogP contribution is -2.44. The van der Waals surface area contributed by atoms with E-state index in [1.807, 2.05) is 12.3 Å². The topological polar surface area (TPSA) is 98.4 Å². The highest BCUT2D eigenvalue weighted by Crippen LogP contribution is 2.52. The van der Waals surface area contributed by atoms with Crippen molar-refractivity contribution in [1.29, 1.82) is 0 Å². The quantitative estimate of drug-likeness (QED) is 0.743. The van der Waals surface area contributed by atoms with Crippen LogP contribution in [-0.4, -0.2) is 28.1 Å². The van der Waals surface area contributed by atoms with Crippen molar-refractivity contribution in [3.05, 3.63) is 28.5 Å². The summed E-state index contributed by atoms with van der Waals surface area (Å²) < 4.78 is 2.64. The number of halogens is 1. The molecule has 0 radical (unpaired) electrons. The van der Waals surface area contributed by atoms with E-state index in [-0.39, 0.29) is 16.9 Å². The third-order valence-electron chi connectivity index (χ3n) is 6.05. The molecule has 7 heteroatoms. The van der Waals surface area contributed by atoms with Crippen LogP contribution in [-0.2, 0) is 0 Å². The molecule has 1 amide bonds. The minimum absolute atomic E-state index is 0.0131. The Kier molecular flexibility index (Phi) is 4.12. The van der Waals surface area contributed by atoms with Crippen molar-refractivity contribution in [1.82, 2.24) is 9.61 Å². The number of nitrogens with one attached hydrogen (secondary N) is 1. The summed E-state index contributed by atoms with van der Waals surface area (Å²) >= 11 is 3.46. The summed E-state index contributed by atoms with van der Waals surface area (Å²) in [5.41, 5.74) is 13.6. The smallest absolute Gasteiger partial charge is 0.252 e. The summed E-state index contributed by atoms with van der Waals surface area (Å²) in [6.07, 6.45) is 5.42. The van der Waals surface area contributed by atoms with Crippen LogP contribution in [0.3, 0.4) is 0 Å². The van der Waals surface area contributed by atoms with E-state index in [0.717, 1.165) is 28.5 Å². The Bertz CT molecular complexity index is 800. The highest BCUT2D eigenvalue weighted by atomic mass is 79.9. The molecular weight excluding hydrogens is 370 g/mol. The van der Waals surface area contributed by atoms with Crippen LogP contribution in [0.2, 0.25) is 0 Å². The Labute approximate surface area is 150 Å². The number of anilines is 1. The van der Waals surface area contributed by atoms with Crippen LogP contribution in [0.15, 0.2) is 22.9 Å². The van der Waals surface area contributed by atoms with Gasteiger partial charge in [-0.15, -0.1) is 0 Å². The fourth-order valence-electron chi connectivity index (χ4n) is 3.72. The average molecular weight is 394 g/mol. The lowest BCUT2D eigenvalue weighted by atomic mass is 9.68. The molecule has 6 nitrogen and oxygen atoms in total. The number of hydrogen-bond donors (Lipinski definition) is 3. The SMILES string of the molecule is CC1(C)[C@H](Nc2c(C(N)=O)cnn3cc(Br)cc23)CC[C@]1(C)CN. The Morgan fingerprint density at radius 2 is 2.21 bits per heavy atom. The van der Waals surface area contributed by atoms with Crippen molar-refractivity contribution >= 4 is 33.0 Å². The molecule has 2 heterocycles. The van der Waals surface area contributed by atoms with Gasteiger partial charge in [0.25, 0.3) is 5.91 Å². The number of hydrogen-bond acceptors (Lipinski definition) is 4. The van der Waals surface area contributed by atoms with Gasteiger partial charge in [-0.3, -0.25) is 4.79 Å². The highest BCUT2D eigenvalue weighted by molar-refractivity contribution is 9.10. The molecule has 2 aromatic heterocycles. The van der Waals surface area contributed by atoms with Crippen molar-refractivity contribution in [3.8, 4) is 0 Å². The minimum Gasteiger partial charge on any atom is -0.379 e. The average Bonchev–Trinajstić information content (AvgIpc) is 2.99. The molecule has 1 fully saturated rings. The first-order valence-electron chi connectivity index (χ1n) is 8.13. The van der Waals surface area contributed by atoms with E-state index in [0.29, 0.717) is 12.1 Å². The summed E-state index contributed by atoms with van der Waals surface area (Å²) in [6.45, 7) is 7.35. The van der Waals surface area contributed by atoms with E-state index < -0.39 is 5.91 Å². The van der Waals surface area contributed by atoms with Gasteiger partial charge in [0.05, 0.1) is 23.0 Å². The molecule has 0 aromatic carbocycles. The molecule has 0 spiro atoms. The van der Waals surface area contributed by atoms with Crippen molar-refractivity contribution in [2.75, 3.05) is 11.9 Å². The summed E-state index contributed by atoms with van der Waals surface area (Å²) in [5, 5.41) is 7.85. The van der Waals surface area contributed by atoms with E-state index in [1.54, 1.807) is 4.52 Å². The maximum absolute atomic E-state index is 11.9. The first-order valence-corrected chi connectivity index (χ1v) is 8.92. The van der Waals surface area contributed by atoms with Crippen LogP contribution in [0, 0.1) is 10.8 Å². The fraction of sp³-hybridized carbons (Fsp3) is 0.529. The van der Waals surface area contributed by atoms with Gasteiger partial charge < -0.3 is 16.8 Å². The van der Waals surface area contributed by atoms with E-state index in [9.17, 15) is 4.79 Å². The molecular formula is C17H24BrN5O. The number of fused-ring (bicyclic) bond motifs is 1. The third-order valence-corrected chi connectivity index (χ3v) is 6.48. The van der Waals surface area contributed by atoms with Gasteiger partial charge >= 0.3 is 0 Å². The standard InChI is InChI=1S/C17H24BrN5O/c1-16(2)13(4-5-17(16,3)9-19)22-14-11(15(20)24)7-21-23-8-10(18)6-12(14)23/h6-8,13,22H,4-5,9,19H2,1-3H3,(H2,20,24)/t13-,17-/m1/s1. The zero-order valence-electron chi connectivity index (χ0n) is 14.3. The predicted octanol–water partition coefficient (Wildman–Crippen LogP) is 2.76. The normalized spacial score (nSPS) is 26.0. The monoisotopic (exact) mass is 393 g/mol. The van der Waals surface area contributed by atoms with E-state index in [4.69, 9.17) is 11.5 Å². The lowest BCUT2D eigenvalue weighted by molar-refractivity contribution is 0.1000. The summed E-state index contributed by atoms with van der Waals surface area (Å²) in [4.78, 5) is 11.9. The van der Waals surface area contributed by atoms with Gasteiger partial charge in [-0.1, -0.05) is 20.8 Å². The molecule has 130 valence electrons. The lowest BCUT2D eigenvalue weighted by Gasteiger charge is -2.41. The Morgan fingerprint density at radius 3 is 2.79 bits per heavy atom. The van der Waals surface area contributed by atoms with Crippen LogP contribution in [0.4, 0.5) is 5.69 Å². The van der Waals surface area contributed by atoms with Crippen LogP contribution >= 0.6 is 15.9 Å². The second-order valence-electron chi connectivity index (χ2n) is 7.51. The number of primary amides is 1. The number of nitrogens with zero attached hydrogens (tertiary/aromatic N) is 2. The summed E-state index contributed by atoms with van der Waals surface area (Å²) in [7, 11) is 0. The number of carbonyl (C=O) groups excluding carboxylic acids is 1. The molecule has 3 rings (SSSR count). The zero-order chi connectivity index (χ0) is 17.7. The second-order valence-corrected chi connectivity index (χ2v) is 8.42. The molecule has 0 aliphatic heterocycles.